The lowest BCUT2D eigenvalue weighted by molar-refractivity contribution is 0.583. The average molecular weight is 233 g/mol. The number of unbranched alkanes of at least 4 members (excludes halogenated alkanes) is 4. The van der Waals surface area contributed by atoms with Crippen LogP contribution in [0.25, 0.3) is 0 Å². The van der Waals surface area contributed by atoms with Crippen molar-refractivity contribution in [3.05, 3.63) is 35.4 Å². The van der Waals surface area contributed by atoms with Crippen molar-refractivity contribution < 1.29 is 0 Å². The van der Waals surface area contributed by atoms with Gasteiger partial charge in [-0.15, -0.1) is 0 Å². The van der Waals surface area contributed by atoms with E-state index in [1.165, 1.54) is 43.2 Å². The van der Waals surface area contributed by atoms with Gasteiger partial charge in [-0.2, -0.15) is 0 Å². The molecule has 0 aromatic heterocycles. The van der Waals surface area contributed by atoms with Gasteiger partial charge < -0.3 is 5.32 Å². The molecule has 1 aromatic rings. The third-order valence-corrected chi connectivity index (χ3v) is 3.22. The summed E-state index contributed by atoms with van der Waals surface area (Å²) in [5.74, 6) is 0. The minimum Gasteiger partial charge on any atom is -0.313 e. The number of hydrogen-bond acceptors (Lipinski definition) is 1. The first-order valence-corrected chi connectivity index (χ1v) is 7.15. The van der Waals surface area contributed by atoms with E-state index in [1.54, 1.807) is 0 Å². The summed E-state index contributed by atoms with van der Waals surface area (Å²) in [6.45, 7) is 6.62. The molecule has 0 saturated heterocycles. The molecule has 0 aliphatic heterocycles. The minimum atomic E-state index is 1.01. The summed E-state index contributed by atoms with van der Waals surface area (Å²) in [6, 6.07) is 8.95. The Morgan fingerprint density at radius 2 is 1.47 bits per heavy atom. The maximum Gasteiger partial charge on any atom is 0.0205 e. The van der Waals surface area contributed by atoms with Gasteiger partial charge in [-0.05, 0) is 30.5 Å². The van der Waals surface area contributed by atoms with Crippen molar-refractivity contribution in [2.24, 2.45) is 0 Å². The van der Waals surface area contributed by atoms with Gasteiger partial charge in [-0.3, -0.25) is 0 Å². The Labute approximate surface area is 107 Å². The predicted molar refractivity (Wildman–Crippen MR) is 76.3 cm³/mol. The quantitative estimate of drug-likeness (QED) is 0.627. The molecule has 1 N–H and O–H groups in total. The number of rotatable bonds is 9. The molecule has 0 bridgehead atoms. The van der Waals surface area contributed by atoms with Gasteiger partial charge in [0.2, 0.25) is 0 Å². The highest BCUT2D eigenvalue weighted by atomic mass is 14.8. The molecule has 1 rings (SSSR count). The summed E-state index contributed by atoms with van der Waals surface area (Å²) in [6.07, 6.45) is 7.92. The van der Waals surface area contributed by atoms with E-state index in [2.05, 4.69) is 43.4 Å². The molecule has 0 unspecified atom stereocenters. The first-order valence-electron chi connectivity index (χ1n) is 7.15. The van der Waals surface area contributed by atoms with Gasteiger partial charge in [0, 0.05) is 6.54 Å². The Bertz CT molecular complexity index is 276. The summed E-state index contributed by atoms with van der Waals surface area (Å²) in [7, 11) is 0. The highest BCUT2D eigenvalue weighted by Crippen LogP contribution is 2.05. The van der Waals surface area contributed by atoms with Crippen LogP contribution < -0.4 is 5.32 Å². The normalized spacial score (nSPS) is 10.7. The van der Waals surface area contributed by atoms with E-state index in [9.17, 15) is 0 Å². The lowest BCUT2D eigenvalue weighted by Gasteiger charge is -2.05. The van der Waals surface area contributed by atoms with Gasteiger partial charge in [0.05, 0.1) is 0 Å². The summed E-state index contributed by atoms with van der Waals surface area (Å²) in [4.78, 5) is 0. The fourth-order valence-corrected chi connectivity index (χ4v) is 1.98. The van der Waals surface area contributed by atoms with Crippen LogP contribution in [0.4, 0.5) is 0 Å². The Balaban J connectivity index is 2.05. The monoisotopic (exact) mass is 233 g/mol. The van der Waals surface area contributed by atoms with Gasteiger partial charge >= 0.3 is 0 Å². The Morgan fingerprint density at radius 3 is 2.12 bits per heavy atom. The van der Waals surface area contributed by atoms with E-state index >= 15 is 0 Å². The molecule has 0 spiro atoms. The molecule has 0 atom stereocenters. The topological polar surface area (TPSA) is 12.0 Å². The van der Waals surface area contributed by atoms with Crippen LogP contribution in [0.2, 0.25) is 0 Å². The van der Waals surface area contributed by atoms with Crippen LogP contribution in [0, 0.1) is 0 Å². The Morgan fingerprint density at radius 1 is 0.824 bits per heavy atom. The maximum absolute atomic E-state index is 3.52. The number of aryl methyl sites for hydroxylation is 1. The molecule has 0 heterocycles. The van der Waals surface area contributed by atoms with Crippen molar-refractivity contribution in [2.75, 3.05) is 6.54 Å². The molecule has 1 aromatic carbocycles. The third kappa shape index (κ3) is 6.48. The standard InChI is InChI=1S/C16H27N/c1-3-5-6-7-8-13-17-14-16-11-9-15(4-2)10-12-16/h9-12,17H,3-8,13-14H2,1-2H3. The fraction of sp³-hybridized carbons (Fsp3) is 0.625. The van der Waals surface area contributed by atoms with Crippen molar-refractivity contribution in [1.29, 1.82) is 0 Å². The first kappa shape index (κ1) is 14.2. The van der Waals surface area contributed by atoms with E-state index in [0.717, 1.165) is 19.5 Å². The molecular weight excluding hydrogens is 206 g/mol. The molecular formula is C16H27N. The van der Waals surface area contributed by atoms with E-state index < -0.39 is 0 Å². The second-order valence-electron chi connectivity index (χ2n) is 4.76. The fourth-order valence-electron chi connectivity index (χ4n) is 1.98. The van der Waals surface area contributed by atoms with Crippen molar-refractivity contribution >= 4 is 0 Å². The Kier molecular flexibility index (Phi) is 7.74. The second-order valence-corrected chi connectivity index (χ2v) is 4.76. The molecule has 17 heavy (non-hydrogen) atoms. The highest BCUT2D eigenvalue weighted by molar-refractivity contribution is 5.22. The van der Waals surface area contributed by atoms with Gasteiger partial charge in [-0.1, -0.05) is 63.8 Å². The van der Waals surface area contributed by atoms with Crippen LogP contribution in [-0.4, -0.2) is 6.54 Å². The van der Waals surface area contributed by atoms with Crippen molar-refractivity contribution in [1.82, 2.24) is 5.32 Å². The van der Waals surface area contributed by atoms with Crippen LogP contribution in [0.1, 0.15) is 57.1 Å². The zero-order valence-corrected chi connectivity index (χ0v) is 11.5. The summed E-state index contributed by atoms with van der Waals surface area (Å²) in [5.41, 5.74) is 2.82. The van der Waals surface area contributed by atoms with E-state index in [1.807, 2.05) is 0 Å². The van der Waals surface area contributed by atoms with Gasteiger partial charge in [0.1, 0.15) is 0 Å². The van der Waals surface area contributed by atoms with E-state index in [0.29, 0.717) is 0 Å². The van der Waals surface area contributed by atoms with Crippen molar-refractivity contribution in [3.63, 3.8) is 0 Å². The second kappa shape index (κ2) is 9.23. The van der Waals surface area contributed by atoms with Crippen LogP contribution >= 0.6 is 0 Å². The Hall–Kier alpha value is -0.820. The lowest BCUT2D eigenvalue weighted by Crippen LogP contribution is -2.14. The SMILES string of the molecule is CCCCCCCNCc1ccc(CC)cc1. The van der Waals surface area contributed by atoms with Gasteiger partial charge in [0.15, 0.2) is 0 Å². The van der Waals surface area contributed by atoms with Gasteiger partial charge in [-0.25, -0.2) is 0 Å². The minimum absolute atomic E-state index is 1.01. The molecule has 1 heteroatoms. The van der Waals surface area contributed by atoms with E-state index in [4.69, 9.17) is 0 Å². The van der Waals surface area contributed by atoms with E-state index in [-0.39, 0.29) is 0 Å². The molecule has 0 fully saturated rings. The number of nitrogens with one attached hydrogen (secondary N) is 1. The van der Waals surface area contributed by atoms with Crippen LogP contribution in [0.5, 0.6) is 0 Å². The van der Waals surface area contributed by atoms with Crippen LogP contribution in [0.15, 0.2) is 24.3 Å². The molecule has 0 aliphatic rings. The third-order valence-electron chi connectivity index (χ3n) is 3.22. The summed E-state index contributed by atoms with van der Waals surface area (Å²) >= 11 is 0. The summed E-state index contributed by atoms with van der Waals surface area (Å²) in [5, 5.41) is 3.52. The van der Waals surface area contributed by atoms with Gasteiger partial charge in [0.25, 0.3) is 0 Å². The highest BCUT2D eigenvalue weighted by Gasteiger charge is 1.93. The number of benzene rings is 1. The zero-order chi connectivity index (χ0) is 12.3. The molecule has 96 valence electrons. The largest absolute Gasteiger partial charge is 0.313 e. The maximum atomic E-state index is 3.52. The van der Waals surface area contributed by atoms with Crippen LogP contribution in [-0.2, 0) is 13.0 Å². The van der Waals surface area contributed by atoms with Crippen LogP contribution in [0.3, 0.4) is 0 Å². The number of hydrogen-bond donors (Lipinski definition) is 1. The summed E-state index contributed by atoms with van der Waals surface area (Å²) < 4.78 is 0. The first-order chi connectivity index (χ1) is 8.36. The smallest absolute Gasteiger partial charge is 0.0205 e. The molecule has 0 saturated carbocycles. The van der Waals surface area contributed by atoms with Crippen molar-refractivity contribution in [2.45, 2.75) is 58.9 Å². The zero-order valence-electron chi connectivity index (χ0n) is 11.5. The lowest BCUT2D eigenvalue weighted by atomic mass is 10.1. The molecule has 0 radical (unpaired) electrons. The average Bonchev–Trinajstić information content (AvgIpc) is 2.38. The predicted octanol–water partition coefficient (Wildman–Crippen LogP) is 4.31. The van der Waals surface area contributed by atoms with Crippen molar-refractivity contribution in [3.8, 4) is 0 Å². The molecule has 0 amide bonds. The molecule has 0 aliphatic carbocycles. The molecule has 1 nitrogen and oxygen atoms in total.